The molecule has 0 aliphatic heterocycles. The molecule has 1 aliphatic carbocycles. The van der Waals surface area contributed by atoms with E-state index in [1.807, 2.05) is 6.07 Å². The number of allylic oxidation sites excluding steroid dienone is 1. The van der Waals surface area contributed by atoms with Gasteiger partial charge in [-0.05, 0) is 19.3 Å². The molecule has 2 rings (SSSR count). The lowest BCUT2D eigenvalue weighted by Crippen LogP contribution is -2.17. The van der Waals surface area contributed by atoms with Crippen molar-refractivity contribution in [2.24, 2.45) is 5.92 Å². The van der Waals surface area contributed by atoms with Crippen LogP contribution in [-0.2, 0) is 9.53 Å². The van der Waals surface area contributed by atoms with Gasteiger partial charge in [0, 0.05) is 5.56 Å². The number of Topliss-reactive ketones (excluding diaryl/α,β-unsaturated/α-hetero) is 1. The summed E-state index contributed by atoms with van der Waals surface area (Å²) in [7, 11) is 0. The Balaban J connectivity index is 2.14. The number of ether oxygens (including phenoxy) is 1. The van der Waals surface area contributed by atoms with Gasteiger partial charge in [-0.1, -0.05) is 68.5 Å². The quantitative estimate of drug-likeness (QED) is 0.258. The van der Waals surface area contributed by atoms with Crippen LogP contribution in [0.1, 0.15) is 55.8 Å². The fraction of sp³-hybridized carbons (Fsp3) is 0.474. The van der Waals surface area contributed by atoms with Crippen molar-refractivity contribution in [3.05, 3.63) is 47.5 Å². The minimum Gasteiger partial charge on any atom is -0.462 e. The van der Waals surface area contributed by atoms with E-state index in [1.54, 1.807) is 37.3 Å². The molecule has 3 nitrogen and oxygen atoms in total. The predicted octanol–water partition coefficient (Wildman–Crippen LogP) is 4.33. The summed E-state index contributed by atoms with van der Waals surface area (Å²) in [5.74, 6) is -0.163. The number of hydrogen-bond acceptors (Lipinski definition) is 3. The van der Waals surface area contributed by atoms with Gasteiger partial charge in [0.15, 0.2) is 5.78 Å². The van der Waals surface area contributed by atoms with E-state index in [2.05, 4.69) is 0 Å². The van der Waals surface area contributed by atoms with Crippen molar-refractivity contribution in [1.82, 2.24) is 0 Å². The second-order valence-electron chi connectivity index (χ2n) is 5.77. The highest BCUT2D eigenvalue weighted by Gasteiger charge is 2.22. The Morgan fingerprint density at radius 2 is 1.82 bits per heavy atom. The predicted molar refractivity (Wildman–Crippen MR) is 86.7 cm³/mol. The van der Waals surface area contributed by atoms with Crippen LogP contribution in [-0.4, -0.2) is 18.4 Å². The molecule has 0 N–H and O–H groups in total. The molecule has 22 heavy (non-hydrogen) atoms. The van der Waals surface area contributed by atoms with Crippen molar-refractivity contribution in [3.63, 3.8) is 0 Å². The molecule has 0 bridgehead atoms. The highest BCUT2D eigenvalue weighted by atomic mass is 16.5. The summed E-state index contributed by atoms with van der Waals surface area (Å²) in [6, 6.07) is 8.92. The second kappa shape index (κ2) is 8.52. The summed E-state index contributed by atoms with van der Waals surface area (Å²) >= 11 is 0. The van der Waals surface area contributed by atoms with Gasteiger partial charge >= 0.3 is 5.97 Å². The van der Waals surface area contributed by atoms with Crippen molar-refractivity contribution in [3.8, 4) is 0 Å². The van der Waals surface area contributed by atoms with Crippen LogP contribution in [0.5, 0.6) is 0 Å². The number of esters is 1. The minimum atomic E-state index is -0.507. The van der Waals surface area contributed by atoms with Gasteiger partial charge in [0.2, 0.25) is 0 Å². The molecule has 1 aliphatic rings. The number of rotatable bonds is 6. The molecule has 1 aromatic carbocycles. The Bertz CT molecular complexity index is 525. The molecular formula is C19H24O3. The monoisotopic (exact) mass is 300 g/mol. The second-order valence-corrected chi connectivity index (χ2v) is 5.77. The molecule has 0 aromatic heterocycles. The smallest absolute Gasteiger partial charge is 0.341 e. The van der Waals surface area contributed by atoms with Crippen LogP contribution in [0.4, 0.5) is 0 Å². The van der Waals surface area contributed by atoms with Crippen LogP contribution in [0.2, 0.25) is 0 Å². The fourth-order valence-electron chi connectivity index (χ4n) is 2.93. The van der Waals surface area contributed by atoms with E-state index in [0.717, 1.165) is 6.42 Å². The summed E-state index contributed by atoms with van der Waals surface area (Å²) in [6.45, 7) is 2.03. The third kappa shape index (κ3) is 4.55. The molecule has 3 heteroatoms. The van der Waals surface area contributed by atoms with Crippen LogP contribution in [0.3, 0.4) is 0 Å². The number of carbonyl (C=O) groups is 2. The Kier molecular flexibility index (Phi) is 6.38. The van der Waals surface area contributed by atoms with E-state index in [0.29, 0.717) is 11.5 Å². The van der Waals surface area contributed by atoms with E-state index in [4.69, 9.17) is 4.74 Å². The van der Waals surface area contributed by atoms with Crippen molar-refractivity contribution in [2.45, 2.75) is 45.4 Å². The molecule has 0 radical (unpaired) electrons. The Morgan fingerprint density at radius 1 is 1.14 bits per heavy atom. The minimum absolute atomic E-state index is 0.179. The summed E-state index contributed by atoms with van der Waals surface area (Å²) < 4.78 is 5.06. The van der Waals surface area contributed by atoms with E-state index in [-0.39, 0.29) is 18.0 Å². The zero-order chi connectivity index (χ0) is 15.8. The normalized spacial score (nSPS) is 16.3. The SMILES string of the molecule is CCOC(=O)/C(=C/CC1CCCCC1)C(=O)c1ccccc1. The fourth-order valence-corrected chi connectivity index (χ4v) is 2.93. The van der Waals surface area contributed by atoms with Crippen molar-refractivity contribution in [2.75, 3.05) is 6.61 Å². The maximum atomic E-state index is 12.6. The van der Waals surface area contributed by atoms with Crippen LogP contribution >= 0.6 is 0 Å². The van der Waals surface area contributed by atoms with Crippen LogP contribution < -0.4 is 0 Å². The van der Waals surface area contributed by atoms with Crippen LogP contribution in [0, 0.1) is 5.92 Å². The third-order valence-corrected chi connectivity index (χ3v) is 4.16. The van der Waals surface area contributed by atoms with Gasteiger partial charge in [-0.25, -0.2) is 4.79 Å². The molecule has 1 aromatic rings. The lowest BCUT2D eigenvalue weighted by Gasteiger charge is -2.20. The molecule has 0 saturated heterocycles. The van der Waals surface area contributed by atoms with Gasteiger partial charge in [0.05, 0.1) is 6.61 Å². The summed E-state index contributed by atoms with van der Waals surface area (Å²) in [6.07, 6.45) is 8.75. The maximum absolute atomic E-state index is 12.6. The van der Waals surface area contributed by atoms with Crippen LogP contribution in [0.25, 0.3) is 0 Å². The standard InChI is InChI=1S/C19H24O3/c1-2-22-19(21)17(14-13-15-9-5-3-6-10-15)18(20)16-11-7-4-8-12-16/h4,7-8,11-12,14-15H,2-3,5-6,9-10,13H2,1H3/b17-14+. The van der Waals surface area contributed by atoms with Gasteiger partial charge in [0.25, 0.3) is 0 Å². The van der Waals surface area contributed by atoms with E-state index in [9.17, 15) is 9.59 Å². The molecule has 0 heterocycles. The van der Waals surface area contributed by atoms with Gasteiger partial charge < -0.3 is 4.74 Å². The van der Waals surface area contributed by atoms with Gasteiger partial charge in [-0.2, -0.15) is 0 Å². The molecule has 0 unspecified atom stereocenters. The summed E-state index contributed by atoms with van der Waals surface area (Å²) in [5.41, 5.74) is 0.712. The van der Waals surface area contributed by atoms with E-state index in [1.165, 1.54) is 32.1 Å². The number of benzene rings is 1. The summed E-state index contributed by atoms with van der Waals surface area (Å²) in [5, 5.41) is 0. The molecule has 0 amide bonds. The first kappa shape index (κ1) is 16.5. The molecule has 0 spiro atoms. The molecule has 118 valence electrons. The van der Waals surface area contributed by atoms with Crippen LogP contribution in [0.15, 0.2) is 42.0 Å². The van der Waals surface area contributed by atoms with E-state index >= 15 is 0 Å². The summed E-state index contributed by atoms with van der Waals surface area (Å²) in [4.78, 5) is 24.7. The van der Waals surface area contributed by atoms with Crippen molar-refractivity contribution in [1.29, 1.82) is 0 Å². The highest BCUT2D eigenvalue weighted by molar-refractivity contribution is 6.24. The first-order chi connectivity index (χ1) is 10.7. The average molecular weight is 300 g/mol. The highest BCUT2D eigenvalue weighted by Crippen LogP contribution is 2.27. The zero-order valence-corrected chi connectivity index (χ0v) is 13.2. The average Bonchev–Trinajstić information content (AvgIpc) is 2.57. The first-order valence-corrected chi connectivity index (χ1v) is 8.19. The third-order valence-electron chi connectivity index (χ3n) is 4.16. The van der Waals surface area contributed by atoms with Crippen molar-refractivity contribution < 1.29 is 14.3 Å². The molecule has 1 saturated carbocycles. The van der Waals surface area contributed by atoms with E-state index < -0.39 is 5.97 Å². The number of ketones is 1. The molecule has 0 atom stereocenters. The Morgan fingerprint density at radius 3 is 2.45 bits per heavy atom. The lowest BCUT2D eigenvalue weighted by atomic mass is 9.86. The van der Waals surface area contributed by atoms with Gasteiger partial charge in [-0.15, -0.1) is 0 Å². The van der Waals surface area contributed by atoms with Gasteiger partial charge in [-0.3, -0.25) is 4.79 Å². The largest absolute Gasteiger partial charge is 0.462 e. The topological polar surface area (TPSA) is 43.4 Å². The zero-order valence-electron chi connectivity index (χ0n) is 13.2. The first-order valence-electron chi connectivity index (χ1n) is 8.19. The Labute approximate surface area is 132 Å². The maximum Gasteiger partial charge on any atom is 0.341 e. The van der Waals surface area contributed by atoms with Crippen molar-refractivity contribution >= 4 is 11.8 Å². The van der Waals surface area contributed by atoms with Gasteiger partial charge in [0.1, 0.15) is 5.57 Å². The molecule has 1 fully saturated rings. The number of carbonyl (C=O) groups excluding carboxylic acids is 2. The lowest BCUT2D eigenvalue weighted by molar-refractivity contribution is -0.138. The Hall–Kier alpha value is -1.90. The molecular weight excluding hydrogens is 276 g/mol. The number of hydrogen-bond donors (Lipinski definition) is 0.